The highest BCUT2D eigenvalue weighted by Crippen LogP contribution is 2.28. The molecule has 0 unspecified atom stereocenters. The summed E-state index contributed by atoms with van der Waals surface area (Å²) in [5.41, 5.74) is 1.13. The third-order valence-corrected chi connectivity index (χ3v) is 4.46. The predicted octanol–water partition coefficient (Wildman–Crippen LogP) is 3.57. The van der Waals surface area contributed by atoms with Gasteiger partial charge < -0.3 is 9.72 Å². The van der Waals surface area contributed by atoms with Crippen LogP contribution in [0.25, 0.3) is 16.0 Å². The number of para-hydroxylation sites is 2. The fraction of sp³-hybridized carbons (Fsp3) is 0.154. The van der Waals surface area contributed by atoms with Crippen LogP contribution >= 0.6 is 35.8 Å². The Hall–Kier alpha value is -1.77. The van der Waals surface area contributed by atoms with E-state index in [1.165, 1.54) is 11.3 Å². The van der Waals surface area contributed by atoms with E-state index in [0.717, 1.165) is 5.69 Å². The highest BCUT2D eigenvalue weighted by molar-refractivity contribution is 7.73. The van der Waals surface area contributed by atoms with Gasteiger partial charge in [-0.25, -0.2) is 0 Å². The third-order valence-electron chi connectivity index (χ3n) is 2.88. The monoisotopic (exact) mass is 337 g/mol. The quantitative estimate of drug-likeness (QED) is 0.717. The normalized spacial score (nSPS) is 10.9. The molecule has 0 fully saturated rings. The van der Waals surface area contributed by atoms with Crippen LogP contribution in [0.4, 0.5) is 0 Å². The van der Waals surface area contributed by atoms with Crippen LogP contribution < -0.4 is 10.3 Å². The maximum Gasteiger partial charge on any atom is 0.271 e. The number of benzene rings is 1. The van der Waals surface area contributed by atoms with E-state index >= 15 is 0 Å². The van der Waals surface area contributed by atoms with Crippen molar-refractivity contribution in [3.05, 3.63) is 43.3 Å². The van der Waals surface area contributed by atoms with E-state index < -0.39 is 0 Å². The van der Waals surface area contributed by atoms with Gasteiger partial charge in [0.15, 0.2) is 8.73 Å². The van der Waals surface area contributed by atoms with E-state index in [-0.39, 0.29) is 10.3 Å². The summed E-state index contributed by atoms with van der Waals surface area (Å²) in [6, 6.07) is 7.55. The van der Waals surface area contributed by atoms with Gasteiger partial charge in [0.25, 0.3) is 5.56 Å². The van der Waals surface area contributed by atoms with Crippen LogP contribution in [0.15, 0.2) is 29.1 Å². The van der Waals surface area contributed by atoms with Gasteiger partial charge in [-0.2, -0.15) is 0 Å². The Morgan fingerprint density at radius 3 is 2.81 bits per heavy atom. The average molecular weight is 337 g/mol. The molecule has 0 atom stereocenters. The molecule has 0 bridgehead atoms. The summed E-state index contributed by atoms with van der Waals surface area (Å²) in [6.07, 6.45) is 0. The fourth-order valence-electron chi connectivity index (χ4n) is 2.08. The zero-order valence-electron chi connectivity index (χ0n) is 11.0. The molecule has 2 aromatic heterocycles. The Balaban J connectivity index is 2.41. The van der Waals surface area contributed by atoms with Crippen LogP contribution in [0.1, 0.15) is 6.92 Å². The van der Waals surface area contributed by atoms with E-state index in [0.29, 0.717) is 26.7 Å². The molecule has 108 valence electrons. The number of H-pyrrole nitrogens is 2. The second-order valence-electron chi connectivity index (χ2n) is 4.19. The highest BCUT2D eigenvalue weighted by atomic mass is 32.1. The average Bonchev–Trinajstić information content (AvgIpc) is 2.77. The number of hydrogen-bond acceptors (Lipinski definition) is 5. The number of rotatable bonds is 3. The van der Waals surface area contributed by atoms with Gasteiger partial charge in [-0.1, -0.05) is 23.5 Å². The van der Waals surface area contributed by atoms with Gasteiger partial charge in [-0.05, 0) is 43.5 Å². The Labute approximate surface area is 133 Å². The summed E-state index contributed by atoms with van der Waals surface area (Å²) in [7, 11) is 0. The SMILES string of the molecule is CCOc1ccccc1-n1c(=S)sc2c(=O)[nH]c(=S)[nH]c21. The Bertz CT molecular complexity index is 980. The van der Waals surface area contributed by atoms with Gasteiger partial charge in [0.2, 0.25) is 0 Å². The van der Waals surface area contributed by atoms with Gasteiger partial charge in [0.05, 0.1) is 12.3 Å². The predicted molar refractivity (Wildman–Crippen MR) is 89.0 cm³/mol. The zero-order chi connectivity index (χ0) is 15.0. The molecule has 0 saturated heterocycles. The molecule has 5 nitrogen and oxygen atoms in total. The lowest BCUT2D eigenvalue weighted by molar-refractivity contribution is 0.339. The van der Waals surface area contributed by atoms with E-state index in [1.54, 1.807) is 4.57 Å². The Morgan fingerprint density at radius 2 is 2.05 bits per heavy atom. The number of hydrogen-bond donors (Lipinski definition) is 2. The molecule has 0 amide bonds. The number of nitrogens with one attached hydrogen (secondary N) is 2. The molecular formula is C13H11N3O2S3. The topological polar surface area (TPSA) is 62.8 Å². The number of aromatic nitrogens is 3. The van der Waals surface area contributed by atoms with Gasteiger partial charge in [-0.15, -0.1) is 0 Å². The molecule has 21 heavy (non-hydrogen) atoms. The number of nitrogens with zero attached hydrogens (tertiary/aromatic N) is 1. The molecule has 0 spiro atoms. The van der Waals surface area contributed by atoms with Crippen molar-refractivity contribution in [2.45, 2.75) is 6.92 Å². The second-order valence-corrected chi connectivity index (χ2v) is 6.24. The van der Waals surface area contributed by atoms with Crippen molar-refractivity contribution in [3.8, 4) is 11.4 Å². The van der Waals surface area contributed by atoms with Crippen molar-refractivity contribution >= 4 is 46.1 Å². The lowest BCUT2D eigenvalue weighted by Gasteiger charge is -2.11. The summed E-state index contributed by atoms with van der Waals surface area (Å²) in [5, 5.41) is 0. The minimum absolute atomic E-state index is 0.238. The molecule has 0 aliphatic rings. The van der Waals surface area contributed by atoms with Crippen LogP contribution in [0, 0.1) is 8.73 Å². The van der Waals surface area contributed by atoms with Gasteiger partial charge in [0.1, 0.15) is 16.1 Å². The first-order chi connectivity index (χ1) is 10.1. The first-order valence-corrected chi connectivity index (χ1v) is 7.85. The molecule has 3 rings (SSSR count). The summed E-state index contributed by atoms with van der Waals surface area (Å²) < 4.78 is 8.76. The number of ether oxygens (including phenoxy) is 1. The van der Waals surface area contributed by atoms with Crippen molar-refractivity contribution in [1.29, 1.82) is 0 Å². The molecule has 1 aromatic carbocycles. The molecule has 0 radical (unpaired) electrons. The largest absolute Gasteiger partial charge is 0.492 e. The first-order valence-electron chi connectivity index (χ1n) is 6.22. The van der Waals surface area contributed by atoms with Crippen molar-refractivity contribution < 1.29 is 4.74 Å². The molecule has 0 aliphatic heterocycles. The lowest BCUT2D eigenvalue weighted by atomic mass is 10.3. The van der Waals surface area contributed by atoms with Crippen molar-refractivity contribution in [2.75, 3.05) is 6.61 Å². The number of fused-ring (bicyclic) bond motifs is 1. The van der Waals surface area contributed by atoms with Crippen molar-refractivity contribution in [2.24, 2.45) is 0 Å². The molecule has 0 saturated carbocycles. The summed E-state index contributed by atoms with van der Waals surface area (Å²) in [4.78, 5) is 17.6. The number of thiazole rings is 1. The molecule has 2 heterocycles. The molecule has 2 N–H and O–H groups in total. The van der Waals surface area contributed by atoms with Crippen molar-refractivity contribution in [1.82, 2.24) is 14.5 Å². The van der Waals surface area contributed by atoms with Crippen LogP contribution in [0.2, 0.25) is 0 Å². The highest BCUT2D eigenvalue weighted by Gasteiger charge is 2.14. The van der Waals surface area contributed by atoms with Crippen LogP contribution in [-0.4, -0.2) is 21.1 Å². The fourth-order valence-corrected chi connectivity index (χ4v) is 3.54. The minimum atomic E-state index is -0.238. The van der Waals surface area contributed by atoms with Gasteiger partial charge in [-0.3, -0.25) is 14.3 Å². The standard InChI is InChI=1S/C13H11N3O2S3/c1-2-18-8-6-4-3-5-7(8)16-10-9(21-13(16)20)11(17)15-12(19)14-10/h3-6H,2H2,1H3,(H2,14,15,17,19). The van der Waals surface area contributed by atoms with E-state index in [4.69, 9.17) is 29.2 Å². The summed E-state index contributed by atoms with van der Waals surface area (Å²) in [5.74, 6) is 0.704. The van der Waals surface area contributed by atoms with Gasteiger partial charge in [0, 0.05) is 0 Å². The summed E-state index contributed by atoms with van der Waals surface area (Å²) >= 11 is 11.7. The Kier molecular flexibility index (Phi) is 3.75. The lowest BCUT2D eigenvalue weighted by Crippen LogP contribution is -2.08. The minimum Gasteiger partial charge on any atom is -0.492 e. The molecular weight excluding hydrogens is 326 g/mol. The molecule has 8 heteroatoms. The summed E-state index contributed by atoms with van der Waals surface area (Å²) in [6.45, 7) is 2.46. The van der Waals surface area contributed by atoms with Gasteiger partial charge >= 0.3 is 0 Å². The smallest absolute Gasteiger partial charge is 0.271 e. The number of aromatic amines is 2. The third kappa shape index (κ3) is 2.45. The van der Waals surface area contributed by atoms with E-state index in [2.05, 4.69) is 9.97 Å². The van der Waals surface area contributed by atoms with Crippen LogP contribution in [0.5, 0.6) is 5.75 Å². The maximum atomic E-state index is 12.0. The molecule has 3 aromatic rings. The van der Waals surface area contributed by atoms with E-state index in [9.17, 15) is 4.79 Å². The second kappa shape index (κ2) is 5.55. The maximum absolute atomic E-state index is 12.0. The van der Waals surface area contributed by atoms with E-state index in [1.807, 2.05) is 31.2 Å². The molecule has 0 aliphatic carbocycles. The van der Waals surface area contributed by atoms with Crippen LogP contribution in [0.3, 0.4) is 0 Å². The first kappa shape index (κ1) is 14.2. The zero-order valence-corrected chi connectivity index (χ0v) is 13.5. The van der Waals surface area contributed by atoms with Crippen molar-refractivity contribution in [3.63, 3.8) is 0 Å². The van der Waals surface area contributed by atoms with Crippen LogP contribution in [-0.2, 0) is 0 Å². The Morgan fingerprint density at radius 1 is 1.29 bits per heavy atom.